The second-order valence-corrected chi connectivity index (χ2v) is 6.70. The largest absolute Gasteiger partial charge is 0.478 e. The van der Waals surface area contributed by atoms with Gasteiger partial charge < -0.3 is 15.0 Å². The highest BCUT2D eigenvalue weighted by Crippen LogP contribution is 2.32. The first kappa shape index (κ1) is 18.9. The summed E-state index contributed by atoms with van der Waals surface area (Å²) >= 11 is 0. The van der Waals surface area contributed by atoms with Gasteiger partial charge in [0.1, 0.15) is 0 Å². The third-order valence-electron chi connectivity index (χ3n) is 4.71. The molecule has 1 aliphatic heterocycles. The van der Waals surface area contributed by atoms with Crippen molar-refractivity contribution >= 4 is 52.0 Å². The van der Waals surface area contributed by atoms with Crippen LogP contribution in [0.15, 0.2) is 30.3 Å². The summed E-state index contributed by atoms with van der Waals surface area (Å²) in [6, 6.07) is 8.16. The number of nitrogens with one attached hydrogen (secondary N) is 1. The molecule has 0 aliphatic carbocycles. The molecule has 2 amide bonds. The molecule has 8 heteroatoms. The average molecular weight is 388 g/mol. The number of aromatic amines is 1. The topological polar surface area (TPSA) is 93.7 Å². The van der Waals surface area contributed by atoms with Crippen molar-refractivity contribution in [1.29, 1.82) is 0 Å². The minimum absolute atomic E-state index is 0. The van der Waals surface area contributed by atoms with Crippen LogP contribution in [-0.4, -0.2) is 64.9 Å². The number of hydrogen-bond donors (Lipinski definition) is 2. The first-order valence-electron chi connectivity index (χ1n) is 8.20. The molecule has 1 aromatic heterocycles. The number of aromatic carboxylic acids is 1. The van der Waals surface area contributed by atoms with Crippen LogP contribution >= 0.6 is 12.4 Å². The molecule has 27 heavy (non-hydrogen) atoms. The Labute approximate surface area is 161 Å². The van der Waals surface area contributed by atoms with Crippen LogP contribution in [0.1, 0.15) is 31.1 Å². The number of aromatic nitrogens is 1. The quantitative estimate of drug-likeness (QED) is 0.671. The zero-order chi connectivity index (χ0) is 18.6. The molecule has 1 aliphatic rings. The van der Waals surface area contributed by atoms with E-state index in [1.807, 2.05) is 19.0 Å². The maximum Gasteiger partial charge on any atom is 0.335 e. The molecule has 140 valence electrons. The molecule has 0 unspecified atom stereocenters. The van der Waals surface area contributed by atoms with Gasteiger partial charge in [-0.1, -0.05) is 0 Å². The fourth-order valence-corrected chi connectivity index (χ4v) is 3.32. The lowest BCUT2D eigenvalue weighted by Gasteiger charge is -2.16. The van der Waals surface area contributed by atoms with Crippen molar-refractivity contribution in [3.63, 3.8) is 0 Å². The number of carbonyl (C=O) groups excluding carboxylic acids is 2. The second-order valence-electron chi connectivity index (χ2n) is 6.70. The fraction of sp³-hybridized carbons (Fsp3) is 0.211. The van der Waals surface area contributed by atoms with Crippen molar-refractivity contribution in [3.8, 4) is 0 Å². The summed E-state index contributed by atoms with van der Waals surface area (Å²) in [7, 11) is 3.77. The average Bonchev–Trinajstić information content (AvgIpc) is 3.06. The van der Waals surface area contributed by atoms with Gasteiger partial charge in [0.15, 0.2) is 0 Å². The SMILES string of the molecule is CN(C)CCN1C(=O)c2cc3[nH]c4ccc(C(=O)O)cc4c3cc2C1=O.Cl. The van der Waals surface area contributed by atoms with Gasteiger partial charge >= 0.3 is 5.97 Å². The molecule has 0 saturated heterocycles. The molecule has 2 aromatic carbocycles. The highest BCUT2D eigenvalue weighted by atomic mass is 35.5. The molecule has 0 bridgehead atoms. The lowest BCUT2D eigenvalue weighted by Crippen LogP contribution is -2.35. The maximum atomic E-state index is 12.7. The van der Waals surface area contributed by atoms with Gasteiger partial charge in [-0.15, -0.1) is 12.4 Å². The molecule has 0 fully saturated rings. The van der Waals surface area contributed by atoms with Gasteiger partial charge in [0.05, 0.1) is 16.7 Å². The molecule has 2 heterocycles. The van der Waals surface area contributed by atoms with E-state index < -0.39 is 5.97 Å². The predicted octanol–water partition coefficient (Wildman–Crippen LogP) is 2.60. The summed E-state index contributed by atoms with van der Waals surface area (Å²) < 4.78 is 0. The van der Waals surface area contributed by atoms with E-state index in [0.29, 0.717) is 29.7 Å². The van der Waals surface area contributed by atoms with E-state index in [4.69, 9.17) is 0 Å². The molecule has 0 radical (unpaired) electrons. The van der Waals surface area contributed by atoms with Gasteiger partial charge in [0.2, 0.25) is 0 Å². The molecule has 7 nitrogen and oxygen atoms in total. The van der Waals surface area contributed by atoms with Crippen molar-refractivity contribution in [2.45, 2.75) is 0 Å². The van der Waals surface area contributed by atoms with E-state index in [1.54, 1.807) is 24.3 Å². The number of carbonyl (C=O) groups is 3. The summed E-state index contributed by atoms with van der Waals surface area (Å²) in [4.78, 5) is 42.9. The van der Waals surface area contributed by atoms with Crippen LogP contribution in [0.25, 0.3) is 21.8 Å². The van der Waals surface area contributed by atoms with E-state index in [2.05, 4.69) is 4.98 Å². The molecular weight excluding hydrogens is 370 g/mol. The van der Waals surface area contributed by atoms with Crippen molar-refractivity contribution in [1.82, 2.24) is 14.8 Å². The Hall–Kier alpha value is -2.90. The monoisotopic (exact) mass is 387 g/mol. The van der Waals surface area contributed by atoms with Crippen molar-refractivity contribution in [3.05, 3.63) is 47.0 Å². The minimum atomic E-state index is -1.01. The Kier molecular flexibility index (Phi) is 4.67. The Morgan fingerprint density at radius 2 is 1.67 bits per heavy atom. The summed E-state index contributed by atoms with van der Waals surface area (Å²) in [5.74, 6) is -1.61. The lowest BCUT2D eigenvalue weighted by molar-refractivity contribution is 0.0642. The number of fused-ring (bicyclic) bond motifs is 4. The Balaban J connectivity index is 0.00000210. The number of halogens is 1. The summed E-state index contributed by atoms with van der Waals surface area (Å²) in [5.41, 5.74) is 2.39. The van der Waals surface area contributed by atoms with E-state index in [-0.39, 0.29) is 29.8 Å². The minimum Gasteiger partial charge on any atom is -0.478 e. The summed E-state index contributed by atoms with van der Waals surface area (Å²) in [6.07, 6.45) is 0. The molecule has 0 atom stereocenters. The third-order valence-corrected chi connectivity index (χ3v) is 4.71. The number of rotatable bonds is 4. The van der Waals surface area contributed by atoms with Crippen LogP contribution in [0.5, 0.6) is 0 Å². The fourth-order valence-electron chi connectivity index (χ4n) is 3.32. The Morgan fingerprint density at radius 3 is 2.30 bits per heavy atom. The van der Waals surface area contributed by atoms with Crippen LogP contribution in [0.2, 0.25) is 0 Å². The molecule has 2 N–H and O–H groups in total. The summed E-state index contributed by atoms with van der Waals surface area (Å²) in [5, 5.41) is 10.7. The van der Waals surface area contributed by atoms with Crippen LogP contribution in [0, 0.1) is 0 Å². The number of amides is 2. The third kappa shape index (κ3) is 2.94. The van der Waals surface area contributed by atoms with Gasteiger partial charge in [-0.3, -0.25) is 14.5 Å². The highest BCUT2D eigenvalue weighted by Gasteiger charge is 2.36. The van der Waals surface area contributed by atoms with Gasteiger partial charge in [0, 0.05) is 34.9 Å². The molecule has 0 saturated carbocycles. The van der Waals surface area contributed by atoms with Gasteiger partial charge in [-0.25, -0.2) is 4.79 Å². The van der Waals surface area contributed by atoms with Gasteiger partial charge in [-0.05, 0) is 44.4 Å². The molecule has 4 rings (SSSR count). The molecule has 3 aromatic rings. The number of hydrogen-bond acceptors (Lipinski definition) is 4. The number of carboxylic acids is 1. The van der Waals surface area contributed by atoms with Crippen LogP contribution < -0.4 is 0 Å². The van der Waals surface area contributed by atoms with E-state index in [1.165, 1.54) is 11.0 Å². The second kappa shape index (κ2) is 6.68. The van der Waals surface area contributed by atoms with Gasteiger partial charge in [0.25, 0.3) is 11.8 Å². The normalized spacial score (nSPS) is 13.5. The lowest BCUT2D eigenvalue weighted by atomic mass is 10.0. The predicted molar refractivity (Wildman–Crippen MR) is 104 cm³/mol. The number of likely N-dealkylation sites (N-methyl/N-ethyl adjacent to an activating group) is 1. The standard InChI is InChI=1S/C19H17N3O4.ClH/c1-21(2)5-6-22-17(23)13-8-12-11-7-10(19(25)26)3-4-15(11)20-16(12)9-14(13)18(22)24;/h3-4,7-9,20H,5-6H2,1-2H3,(H,25,26);1H. The number of nitrogens with zero attached hydrogens (tertiary/aromatic N) is 2. The Bertz CT molecular complexity index is 1100. The van der Waals surface area contributed by atoms with Crippen LogP contribution in [0.3, 0.4) is 0 Å². The Morgan fingerprint density at radius 1 is 1.04 bits per heavy atom. The number of imide groups is 1. The highest BCUT2D eigenvalue weighted by molar-refractivity contribution is 6.24. The molecular formula is C19H18ClN3O4. The van der Waals surface area contributed by atoms with E-state index >= 15 is 0 Å². The van der Waals surface area contributed by atoms with Crippen molar-refractivity contribution in [2.24, 2.45) is 0 Å². The van der Waals surface area contributed by atoms with Gasteiger partial charge in [-0.2, -0.15) is 0 Å². The smallest absolute Gasteiger partial charge is 0.335 e. The van der Waals surface area contributed by atoms with E-state index in [9.17, 15) is 19.5 Å². The number of H-pyrrole nitrogens is 1. The number of carboxylic acid groups (broad SMARTS) is 1. The maximum absolute atomic E-state index is 12.7. The molecule has 0 spiro atoms. The van der Waals surface area contributed by atoms with E-state index in [0.717, 1.165) is 16.3 Å². The van der Waals surface area contributed by atoms with Crippen LogP contribution in [0.4, 0.5) is 0 Å². The zero-order valence-corrected chi connectivity index (χ0v) is 15.6. The number of benzene rings is 2. The van der Waals surface area contributed by atoms with Crippen molar-refractivity contribution < 1.29 is 19.5 Å². The zero-order valence-electron chi connectivity index (χ0n) is 14.8. The first-order valence-corrected chi connectivity index (χ1v) is 8.20. The first-order chi connectivity index (χ1) is 12.4. The van der Waals surface area contributed by atoms with Crippen LogP contribution in [-0.2, 0) is 0 Å². The summed E-state index contributed by atoms with van der Waals surface area (Å²) in [6.45, 7) is 0.922. The van der Waals surface area contributed by atoms with Crippen molar-refractivity contribution in [2.75, 3.05) is 27.2 Å².